The van der Waals surface area contributed by atoms with Crippen LogP contribution in [-0.4, -0.2) is 37.4 Å². The van der Waals surface area contributed by atoms with Crippen molar-refractivity contribution >= 4 is 12.1 Å². The number of hydrogen-bond donors (Lipinski definition) is 4. The lowest BCUT2D eigenvalue weighted by Crippen LogP contribution is -2.09. The van der Waals surface area contributed by atoms with Crippen molar-refractivity contribution in [1.82, 2.24) is 4.73 Å². The number of carbonyl (C=O) groups is 2. The molecule has 0 radical (unpaired) electrons. The molecular weight excluding hydrogens is 198 g/mol. The SMILES string of the molecule is O=C(O)OC(=O)c1cc(O)n(O)c1O. The number of rotatable bonds is 1. The highest BCUT2D eigenvalue weighted by Gasteiger charge is 2.22. The first-order valence-corrected chi connectivity index (χ1v) is 3.21. The number of hydrogen-bond acceptors (Lipinski definition) is 6. The first-order valence-electron chi connectivity index (χ1n) is 3.21. The summed E-state index contributed by atoms with van der Waals surface area (Å²) in [5.41, 5.74) is -0.660. The number of esters is 1. The number of nitrogens with zero attached hydrogens (tertiary/aromatic N) is 1. The molecule has 8 nitrogen and oxygen atoms in total. The highest BCUT2D eigenvalue weighted by atomic mass is 16.7. The third-order valence-corrected chi connectivity index (χ3v) is 1.33. The van der Waals surface area contributed by atoms with Gasteiger partial charge in [-0.05, 0) is 0 Å². The summed E-state index contributed by atoms with van der Waals surface area (Å²) in [6, 6.07) is 0.653. The lowest BCUT2D eigenvalue weighted by Gasteiger charge is -1.96. The van der Waals surface area contributed by atoms with Gasteiger partial charge in [-0.1, -0.05) is 0 Å². The Labute approximate surface area is 76.1 Å². The van der Waals surface area contributed by atoms with E-state index in [1.165, 1.54) is 0 Å². The zero-order valence-corrected chi connectivity index (χ0v) is 6.54. The molecule has 0 aromatic carbocycles. The predicted octanol–water partition coefficient (Wildman–Crippen LogP) is -0.0286. The average molecular weight is 203 g/mol. The van der Waals surface area contributed by atoms with Crippen LogP contribution in [0.25, 0.3) is 0 Å². The van der Waals surface area contributed by atoms with Crippen LogP contribution >= 0.6 is 0 Å². The van der Waals surface area contributed by atoms with Gasteiger partial charge in [-0.3, -0.25) is 0 Å². The van der Waals surface area contributed by atoms with Crippen molar-refractivity contribution in [2.75, 3.05) is 0 Å². The van der Waals surface area contributed by atoms with Crippen LogP contribution in [0.3, 0.4) is 0 Å². The Morgan fingerprint density at radius 2 is 1.93 bits per heavy atom. The molecule has 0 saturated heterocycles. The van der Waals surface area contributed by atoms with E-state index in [-0.39, 0.29) is 4.73 Å². The minimum atomic E-state index is -1.86. The summed E-state index contributed by atoms with van der Waals surface area (Å²) in [5.74, 6) is -3.23. The van der Waals surface area contributed by atoms with Crippen LogP contribution in [0.4, 0.5) is 4.79 Å². The van der Waals surface area contributed by atoms with Crippen molar-refractivity contribution in [3.63, 3.8) is 0 Å². The lowest BCUT2D eigenvalue weighted by atomic mass is 10.3. The Balaban J connectivity index is 3.02. The van der Waals surface area contributed by atoms with Gasteiger partial charge in [0.05, 0.1) is 0 Å². The molecule has 0 aliphatic rings. The van der Waals surface area contributed by atoms with Crippen molar-refractivity contribution in [1.29, 1.82) is 0 Å². The number of carboxylic acid groups (broad SMARTS) is 1. The van der Waals surface area contributed by atoms with Crippen molar-refractivity contribution in [2.24, 2.45) is 0 Å². The van der Waals surface area contributed by atoms with Crippen LogP contribution in [0.1, 0.15) is 10.4 Å². The first-order chi connectivity index (χ1) is 6.43. The van der Waals surface area contributed by atoms with Crippen LogP contribution in [-0.2, 0) is 4.74 Å². The Bertz CT molecular complexity index is 393. The van der Waals surface area contributed by atoms with Crippen LogP contribution in [0, 0.1) is 0 Å². The van der Waals surface area contributed by atoms with Gasteiger partial charge in [0.2, 0.25) is 11.8 Å². The smallest absolute Gasteiger partial charge is 0.492 e. The molecule has 0 saturated carbocycles. The normalized spacial score (nSPS) is 9.71. The summed E-state index contributed by atoms with van der Waals surface area (Å²) in [5, 5.41) is 34.6. The van der Waals surface area contributed by atoms with E-state index in [2.05, 4.69) is 4.74 Å². The van der Waals surface area contributed by atoms with Gasteiger partial charge in [0.1, 0.15) is 5.56 Å². The molecule has 4 N–H and O–H groups in total. The molecule has 0 amide bonds. The molecular formula is C6H5NO7. The van der Waals surface area contributed by atoms with E-state index in [1.54, 1.807) is 0 Å². The average Bonchev–Trinajstić information content (AvgIpc) is 2.32. The maximum absolute atomic E-state index is 10.8. The fourth-order valence-corrected chi connectivity index (χ4v) is 0.762. The Morgan fingerprint density at radius 1 is 1.36 bits per heavy atom. The molecule has 0 aliphatic heterocycles. The lowest BCUT2D eigenvalue weighted by molar-refractivity contribution is 0.0502. The first kappa shape index (κ1) is 9.71. The molecule has 1 heterocycles. The van der Waals surface area contributed by atoms with Gasteiger partial charge in [-0.15, -0.1) is 4.73 Å². The number of ether oxygens (including phenoxy) is 1. The molecule has 0 fully saturated rings. The zero-order valence-electron chi connectivity index (χ0n) is 6.54. The summed E-state index contributed by atoms with van der Waals surface area (Å²) in [4.78, 5) is 20.8. The van der Waals surface area contributed by atoms with Crippen molar-refractivity contribution in [2.45, 2.75) is 0 Å². The van der Waals surface area contributed by atoms with Crippen molar-refractivity contribution < 1.29 is 34.9 Å². The number of aromatic hydroxyl groups is 2. The molecule has 1 aromatic rings. The van der Waals surface area contributed by atoms with Gasteiger partial charge in [0, 0.05) is 6.07 Å². The summed E-state index contributed by atoms with van der Waals surface area (Å²) in [6.45, 7) is 0. The third kappa shape index (κ3) is 1.53. The maximum Gasteiger partial charge on any atom is 0.513 e. The fraction of sp³-hybridized carbons (Fsp3) is 0. The van der Waals surface area contributed by atoms with E-state index in [0.717, 1.165) is 0 Å². The van der Waals surface area contributed by atoms with Gasteiger partial charge in [0.15, 0.2) is 0 Å². The molecule has 1 rings (SSSR count). The summed E-state index contributed by atoms with van der Waals surface area (Å²) < 4.78 is 3.57. The zero-order chi connectivity index (χ0) is 10.9. The van der Waals surface area contributed by atoms with Gasteiger partial charge in [-0.2, -0.15) is 0 Å². The maximum atomic E-state index is 10.8. The molecule has 0 bridgehead atoms. The second-order valence-electron chi connectivity index (χ2n) is 2.21. The van der Waals surface area contributed by atoms with E-state index < -0.39 is 29.4 Å². The van der Waals surface area contributed by atoms with Gasteiger partial charge in [0.25, 0.3) is 0 Å². The largest absolute Gasteiger partial charge is 0.513 e. The van der Waals surface area contributed by atoms with E-state index in [9.17, 15) is 9.59 Å². The monoisotopic (exact) mass is 203 g/mol. The Hall–Kier alpha value is -2.38. The van der Waals surface area contributed by atoms with Crippen LogP contribution in [0.15, 0.2) is 6.07 Å². The Kier molecular flexibility index (Phi) is 2.19. The number of aromatic nitrogens is 1. The Morgan fingerprint density at radius 3 is 2.29 bits per heavy atom. The summed E-state index contributed by atoms with van der Waals surface area (Å²) >= 11 is 0. The highest BCUT2D eigenvalue weighted by molar-refractivity contribution is 5.97. The van der Waals surface area contributed by atoms with Gasteiger partial charge in [-0.25, -0.2) is 9.59 Å². The summed E-state index contributed by atoms with van der Waals surface area (Å²) in [7, 11) is 0. The molecule has 0 atom stereocenters. The topological polar surface area (TPSA) is 129 Å². The quantitative estimate of drug-likeness (QED) is 0.286. The van der Waals surface area contributed by atoms with Gasteiger partial charge >= 0.3 is 12.1 Å². The van der Waals surface area contributed by atoms with Crippen LogP contribution < -0.4 is 0 Å². The minimum Gasteiger partial charge on any atom is -0.492 e. The molecule has 0 aliphatic carbocycles. The van der Waals surface area contributed by atoms with Gasteiger partial charge < -0.3 is 25.3 Å². The molecule has 8 heteroatoms. The number of carbonyl (C=O) groups excluding carboxylic acids is 1. The predicted molar refractivity (Wildman–Crippen MR) is 38.4 cm³/mol. The van der Waals surface area contributed by atoms with Crippen LogP contribution in [0.5, 0.6) is 11.8 Å². The van der Waals surface area contributed by atoms with Crippen LogP contribution in [0.2, 0.25) is 0 Å². The summed E-state index contributed by atoms with van der Waals surface area (Å²) in [6.07, 6.45) is -1.86. The standard InChI is InChI=1S/C6H5NO7/c8-3-1-2(4(9)7(3)13)5(10)14-6(11)12/h1,8-9,13H,(H,11,12). The molecule has 1 aromatic heterocycles. The van der Waals surface area contributed by atoms with E-state index in [4.69, 9.17) is 20.5 Å². The molecule has 0 spiro atoms. The van der Waals surface area contributed by atoms with E-state index in [1.807, 2.05) is 0 Å². The van der Waals surface area contributed by atoms with E-state index in [0.29, 0.717) is 6.07 Å². The van der Waals surface area contributed by atoms with E-state index >= 15 is 0 Å². The molecule has 14 heavy (non-hydrogen) atoms. The van der Waals surface area contributed by atoms with Crippen molar-refractivity contribution in [3.8, 4) is 11.8 Å². The van der Waals surface area contributed by atoms with Crippen molar-refractivity contribution in [3.05, 3.63) is 11.6 Å². The second-order valence-corrected chi connectivity index (χ2v) is 2.21. The minimum absolute atomic E-state index is 0.0988. The highest BCUT2D eigenvalue weighted by Crippen LogP contribution is 2.25. The molecule has 0 unspecified atom stereocenters. The molecule has 76 valence electrons. The second kappa shape index (κ2) is 3.17. The third-order valence-electron chi connectivity index (χ3n) is 1.33. The fourth-order valence-electron chi connectivity index (χ4n) is 0.762.